The zero-order valence-electron chi connectivity index (χ0n) is 12.5. The van der Waals surface area contributed by atoms with Gasteiger partial charge in [-0.25, -0.2) is 0 Å². The molecule has 19 heavy (non-hydrogen) atoms. The average molecular weight is 260 g/mol. The Labute approximate surface area is 118 Å². The molecule has 1 aliphatic rings. The summed E-state index contributed by atoms with van der Waals surface area (Å²) in [6.45, 7) is 10.3. The SMILES string of the molecule is CCN(CC)CCNCC1CCc2ccccc2C1. The Morgan fingerprint density at radius 1 is 1.16 bits per heavy atom. The van der Waals surface area contributed by atoms with Crippen molar-refractivity contribution in [1.82, 2.24) is 10.2 Å². The lowest BCUT2D eigenvalue weighted by molar-refractivity contribution is 0.297. The van der Waals surface area contributed by atoms with Gasteiger partial charge >= 0.3 is 0 Å². The van der Waals surface area contributed by atoms with Gasteiger partial charge in [0.25, 0.3) is 0 Å². The molecule has 1 atom stereocenters. The number of aryl methyl sites for hydroxylation is 1. The van der Waals surface area contributed by atoms with Crippen LogP contribution in [0.2, 0.25) is 0 Å². The first-order valence-electron chi connectivity index (χ1n) is 7.83. The number of hydrogen-bond donors (Lipinski definition) is 1. The Morgan fingerprint density at radius 3 is 2.63 bits per heavy atom. The van der Waals surface area contributed by atoms with E-state index in [4.69, 9.17) is 0 Å². The lowest BCUT2D eigenvalue weighted by atomic mass is 9.84. The summed E-state index contributed by atoms with van der Waals surface area (Å²) in [5.74, 6) is 0.826. The van der Waals surface area contributed by atoms with Crippen LogP contribution in [-0.2, 0) is 12.8 Å². The van der Waals surface area contributed by atoms with Crippen LogP contribution in [0.5, 0.6) is 0 Å². The van der Waals surface area contributed by atoms with Crippen molar-refractivity contribution < 1.29 is 0 Å². The molecule has 1 aromatic rings. The van der Waals surface area contributed by atoms with Crippen LogP contribution in [0.3, 0.4) is 0 Å². The number of fused-ring (bicyclic) bond motifs is 1. The second kappa shape index (κ2) is 7.66. The van der Waals surface area contributed by atoms with Gasteiger partial charge in [0.2, 0.25) is 0 Å². The summed E-state index contributed by atoms with van der Waals surface area (Å²) in [5.41, 5.74) is 3.14. The van der Waals surface area contributed by atoms with Gasteiger partial charge < -0.3 is 10.2 Å². The van der Waals surface area contributed by atoms with E-state index in [2.05, 4.69) is 48.3 Å². The van der Waals surface area contributed by atoms with Gasteiger partial charge in [0, 0.05) is 13.1 Å². The van der Waals surface area contributed by atoms with Crippen LogP contribution in [-0.4, -0.2) is 37.6 Å². The fourth-order valence-corrected chi connectivity index (χ4v) is 3.03. The van der Waals surface area contributed by atoms with E-state index in [1.165, 1.54) is 32.4 Å². The van der Waals surface area contributed by atoms with Gasteiger partial charge in [0.1, 0.15) is 0 Å². The largest absolute Gasteiger partial charge is 0.315 e. The van der Waals surface area contributed by atoms with E-state index in [0.29, 0.717) is 0 Å². The van der Waals surface area contributed by atoms with Gasteiger partial charge in [0.15, 0.2) is 0 Å². The fraction of sp³-hybridized carbons (Fsp3) is 0.647. The van der Waals surface area contributed by atoms with Gasteiger partial charge in [-0.15, -0.1) is 0 Å². The third kappa shape index (κ3) is 4.32. The molecule has 0 amide bonds. The summed E-state index contributed by atoms with van der Waals surface area (Å²) < 4.78 is 0. The van der Waals surface area contributed by atoms with Crippen LogP contribution in [0.1, 0.15) is 31.4 Å². The first-order valence-corrected chi connectivity index (χ1v) is 7.83. The maximum atomic E-state index is 3.64. The highest BCUT2D eigenvalue weighted by Crippen LogP contribution is 2.24. The summed E-state index contributed by atoms with van der Waals surface area (Å²) in [6.07, 6.45) is 3.86. The number of nitrogens with zero attached hydrogens (tertiary/aromatic N) is 1. The van der Waals surface area contributed by atoms with Gasteiger partial charge in [-0.3, -0.25) is 0 Å². The first kappa shape index (κ1) is 14.5. The normalized spacial score (nSPS) is 18.6. The number of benzene rings is 1. The third-order valence-corrected chi connectivity index (χ3v) is 4.38. The molecule has 1 unspecified atom stereocenters. The lowest BCUT2D eigenvalue weighted by Crippen LogP contribution is -2.35. The van der Waals surface area contributed by atoms with Crippen LogP contribution >= 0.6 is 0 Å². The summed E-state index contributed by atoms with van der Waals surface area (Å²) in [4.78, 5) is 2.48. The second-order valence-electron chi connectivity index (χ2n) is 5.61. The first-order chi connectivity index (χ1) is 9.33. The lowest BCUT2D eigenvalue weighted by Gasteiger charge is -2.25. The number of likely N-dealkylation sites (N-methyl/N-ethyl adjacent to an activating group) is 1. The van der Waals surface area contributed by atoms with Crippen molar-refractivity contribution in [3.63, 3.8) is 0 Å². The molecule has 1 aliphatic carbocycles. The van der Waals surface area contributed by atoms with Crippen LogP contribution in [0.25, 0.3) is 0 Å². The van der Waals surface area contributed by atoms with Gasteiger partial charge in [-0.1, -0.05) is 38.1 Å². The van der Waals surface area contributed by atoms with E-state index in [1.807, 2.05) is 0 Å². The van der Waals surface area contributed by atoms with Crippen molar-refractivity contribution in [2.45, 2.75) is 33.1 Å². The quantitative estimate of drug-likeness (QED) is 0.758. The minimum atomic E-state index is 0.826. The Hall–Kier alpha value is -0.860. The molecule has 0 heterocycles. The maximum Gasteiger partial charge on any atom is 0.0107 e. The van der Waals surface area contributed by atoms with Crippen molar-refractivity contribution in [3.8, 4) is 0 Å². The van der Waals surface area contributed by atoms with Crippen LogP contribution in [0.4, 0.5) is 0 Å². The van der Waals surface area contributed by atoms with E-state index < -0.39 is 0 Å². The fourth-order valence-electron chi connectivity index (χ4n) is 3.03. The van der Waals surface area contributed by atoms with Crippen LogP contribution < -0.4 is 5.32 Å². The van der Waals surface area contributed by atoms with Crippen molar-refractivity contribution in [2.24, 2.45) is 5.92 Å². The Balaban J connectivity index is 1.68. The average Bonchev–Trinajstić information content (AvgIpc) is 2.47. The molecule has 1 N–H and O–H groups in total. The molecule has 0 radical (unpaired) electrons. The molecule has 2 nitrogen and oxygen atoms in total. The molecule has 0 aliphatic heterocycles. The maximum absolute atomic E-state index is 3.64. The van der Waals surface area contributed by atoms with Crippen molar-refractivity contribution in [3.05, 3.63) is 35.4 Å². The van der Waals surface area contributed by atoms with Crippen molar-refractivity contribution >= 4 is 0 Å². The molecule has 0 saturated heterocycles. The van der Waals surface area contributed by atoms with E-state index in [-0.39, 0.29) is 0 Å². The molecule has 0 fully saturated rings. The monoisotopic (exact) mass is 260 g/mol. The predicted molar refractivity (Wildman–Crippen MR) is 82.6 cm³/mol. The second-order valence-corrected chi connectivity index (χ2v) is 5.61. The number of nitrogens with one attached hydrogen (secondary N) is 1. The topological polar surface area (TPSA) is 15.3 Å². The molecular weight excluding hydrogens is 232 g/mol. The van der Waals surface area contributed by atoms with Crippen molar-refractivity contribution in [1.29, 1.82) is 0 Å². The predicted octanol–water partition coefficient (Wildman–Crippen LogP) is 2.72. The van der Waals surface area contributed by atoms with E-state index in [1.54, 1.807) is 11.1 Å². The molecule has 2 rings (SSSR count). The zero-order chi connectivity index (χ0) is 13.5. The Kier molecular flexibility index (Phi) is 5.87. The minimum absolute atomic E-state index is 0.826. The van der Waals surface area contributed by atoms with Crippen LogP contribution in [0.15, 0.2) is 24.3 Å². The number of rotatable bonds is 7. The molecule has 106 valence electrons. The molecule has 0 aromatic heterocycles. The highest BCUT2D eigenvalue weighted by atomic mass is 15.1. The molecule has 0 bridgehead atoms. The molecule has 1 aromatic carbocycles. The summed E-state index contributed by atoms with van der Waals surface area (Å²) in [5, 5.41) is 3.64. The zero-order valence-corrected chi connectivity index (χ0v) is 12.5. The van der Waals surface area contributed by atoms with Gasteiger partial charge in [-0.2, -0.15) is 0 Å². The van der Waals surface area contributed by atoms with E-state index in [9.17, 15) is 0 Å². The summed E-state index contributed by atoms with van der Waals surface area (Å²) in [6, 6.07) is 8.94. The van der Waals surface area contributed by atoms with E-state index in [0.717, 1.165) is 25.6 Å². The van der Waals surface area contributed by atoms with Gasteiger partial charge in [0.05, 0.1) is 0 Å². The van der Waals surface area contributed by atoms with Gasteiger partial charge in [-0.05, 0) is 55.9 Å². The number of hydrogen-bond acceptors (Lipinski definition) is 2. The molecule has 0 saturated carbocycles. The smallest absolute Gasteiger partial charge is 0.0107 e. The van der Waals surface area contributed by atoms with Crippen molar-refractivity contribution in [2.75, 3.05) is 32.7 Å². The summed E-state index contributed by atoms with van der Waals surface area (Å²) in [7, 11) is 0. The Bertz CT molecular complexity index is 371. The highest BCUT2D eigenvalue weighted by molar-refractivity contribution is 5.29. The highest BCUT2D eigenvalue weighted by Gasteiger charge is 2.17. The Morgan fingerprint density at radius 2 is 1.89 bits per heavy atom. The molecule has 2 heteroatoms. The standard InChI is InChI=1S/C17H28N2/c1-3-19(4-2)12-11-18-14-15-9-10-16-7-5-6-8-17(16)13-15/h5-8,15,18H,3-4,9-14H2,1-2H3. The molecular formula is C17H28N2. The minimum Gasteiger partial charge on any atom is -0.315 e. The molecule has 0 spiro atoms. The van der Waals surface area contributed by atoms with E-state index >= 15 is 0 Å². The summed E-state index contributed by atoms with van der Waals surface area (Å²) >= 11 is 0. The van der Waals surface area contributed by atoms with Crippen LogP contribution in [0, 0.1) is 5.92 Å². The third-order valence-electron chi connectivity index (χ3n) is 4.38.